The lowest BCUT2D eigenvalue weighted by Crippen LogP contribution is -2.38. The highest BCUT2D eigenvalue weighted by Crippen LogP contribution is 2.28. The van der Waals surface area contributed by atoms with Crippen molar-refractivity contribution in [2.75, 3.05) is 20.4 Å². The third-order valence-corrected chi connectivity index (χ3v) is 3.54. The van der Waals surface area contributed by atoms with Crippen LogP contribution in [-0.4, -0.2) is 38.0 Å². The predicted octanol–water partition coefficient (Wildman–Crippen LogP) is 2.04. The SMILES string of the molecule is COCNC(=O)C1CCC(CNC(=O)OC(C)(C)C)CC1. The number of amides is 2. The van der Waals surface area contributed by atoms with Crippen molar-refractivity contribution in [1.82, 2.24) is 10.6 Å². The number of hydrogen-bond acceptors (Lipinski definition) is 4. The molecule has 122 valence electrons. The van der Waals surface area contributed by atoms with E-state index in [1.165, 1.54) is 0 Å². The minimum absolute atomic E-state index is 0.0652. The van der Waals surface area contributed by atoms with Crippen LogP contribution >= 0.6 is 0 Å². The maximum Gasteiger partial charge on any atom is 0.407 e. The van der Waals surface area contributed by atoms with Gasteiger partial charge in [-0.25, -0.2) is 4.79 Å². The van der Waals surface area contributed by atoms with E-state index in [1.807, 2.05) is 20.8 Å². The average Bonchev–Trinajstić information content (AvgIpc) is 2.41. The number of ether oxygens (including phenoxy) is 2. The van der Waals surface area contributed by atoms with E-state index in [0.717, 1.165) is 25.7 Å². The number of methoxy groups -OCH3 is 1. The maximum atomic E-state index is 11.8. The summed E-state index contributed by atoms with van der Waals surface area (Å²) in [6.07, 6.45) is 3.23. The fraction of sp³-hybridized carbons (Fsp3) is 0.867. The molecule has 0 spiro atoms. The molecule has 21 heavy (non-hydrogen) atoms. The van der Waals surface area contributed by atoms with E-state index in [1.54, 1.807) is 7.11 Å². The van der Waals surface area contributed by atoms with Gasteiger partial charge in [-0.05, 0) is 52.4 Å². The average molecular weight is 300 g/mol. The van der Waals surface area contributed by atoms with Crippen molar-refractivity contribution >= 4 is 12.0 Å². The van der Waals surface area contributed by atoms with Crippen molar-refractivity contribution in [3.8, 4) is 0 Å². The molecule has 1 aliphatic rings. The van der Waals surface area contributed by atoms with E-state index in [0.29, 0.717) is 12.5 Å². The second kappa shape index (κ2) is 8.22. The molecule has 0 aromatic heterocycles. The number of alkyl carbamates (subject to hydrolysis) is 1. The van der Waals surface area contributed by atoms with Gasteiger partial charge in [0.15, 0.2) is 0 Å². The predicted molar refractivity (Wildman–Crippen MR) is 79.7 cm³/mol. The Kier molecular flexibility index (Phi) is 6.95. The van der Waals surface area contributed by atoms with Crippen molar-refractivity contribution in [2.45, 2.75) is 52.1 Å². The summed E-state index contributed by atoms with van der Waals surface area (Å²) in [5.41, 5.74) is -0.471. The van der Waals surface area contributed by atoms with Crippen LogP contribution in [-0.2, 0) is 14.3 Å². The smallest absolute Gasteiger partial charge is 0.407 e. The highest BCUT2D eigenvalue weighted by Gasteiger charge is 2.26. The lowest BCUT2D eigenvalue weighted by molar-refractivity contribution is -0.127. The fourth-order valence-electron chi connectivity index (χ4n) is 2.46. The van der Waals surface area contributed by atoms with Gasteiger partial charge in [0.05, 0.1) is 0 Å². The Labute approximate surface area is 126 Å². The molecule has 0 radical (unpaired) electrons. The number of hydrogen-bond donors (Lipinski definition) is 2. The molecule has 0 bridgehead atoms. The third kappa shape index (κ3) is 7.32. The second-order valence-corrected chi connectivity index (χ2v) is 6.57. The Morgan fingerprint density at radius 1 is 1.10 bits per heavy atom. The Hall–Kier alpha value is -1.30. The van der Waals surface area contributed by atoms with Crippen molar-refractivity contribution in [2.24, 2.45) is 11.8 Å². The van der Waals surface area contributed by atoms with Gasteiger partial charge in [-0.15, -0.1) is 0 Å². The molecular formula is C15H28N2O4. The van der Waals surface area contributed by atoms with Gasteiger partial charge in [-0.3, -0.25) is 4.79 Å². The first kappa shape index (κ1) is 17.8. The molecule has 1 saturated carbocycles. The third-order valence-electron chi connectivity index (χ3n) is 3.54. The second-order valence-electron chi connectivity index (χ2n) is 6.57. The van der Waals surface area contributed by atoms with E-state index >= 15 is 0 Å². The molecule has 1 aliphatic carbocycles. The molecule has 6 nitrogen and oxygen atoms in total. The molecule has 0 unspecified atom stereocenters. The van der Waals surface area contributed by atoms with Crippen LogP contribution in [0.3, 0.4) is 0 Å². The normalized spacial score (nSPS) is 22.5. The van der Waals surface area contributed by atoms with Gasteiger partial charge in [0, 0.05) is 19.6 Å². The summed E-state index contributed by atoms with van der Waals surface area (Å²) in [6, 6.07) is 0. The molecule has 2 N–H and O–H groups in total. The van der Waals surface area contributed by atoms with E-state index in [4.69, 9.17) is 9.47 Å². The summed E-state index contributed by atoms with van der Waals surface area (Å²) in [6.45, 7) is 6.41. The zero-order valence-corrected chi connectivity index (χ0v) is 13.5. The number of nitrogens with one attached hydrogen (secondary N) is 2. The van der Waals surface area contributed by atoms with Crippen LogP contribution in [0.15, 0.2) is 0 Å². The van der Waals surface area contributed by atoms with Crippen LogP contribution in [0.25, 0.3) is 0 Å². The minimum atomic E-state index is -0.471. The van der Waals surface area contributed by atoms with Crippen LogP contribution in [0, 0.1) is 11.8 Å². The molecule has 0 aromatic rings. The molecule has 0 aromatic carbocycles. The zero-order valence-electron chi connectivity index (χ0n) is 13.5. The van der Waals surface area contributed by atoms with Crippen LogP contribution in [0.4, 0.5) is 4.79 Å². The van der Waals surface area contributed by atoms with Gasteiger partial charge in [0.1, 0.15) is 12.3 Å². The van der Waals surface area contributed by atoms with Crippen LogP contribution in [0.1, 0.15) is 46.5 Å². The lowest BCUT2D eigenvalue weighted by Gasteiger charge is -2.28. The Morgan fingerprint density at radius 2 is 1.71 bits per heavy atom. The summed E-state index contributed by atoms with van der Waals surface area (Å²) < 4.78 is 10.0. The minimum Gasteiger partial charge on any atom is -0.444 e. The first-order chi connectivity index (χ1) is 9.81. The number of carbonyl (C=O) groups is 2. The van der Waals surface area contributed by atoms with Crippen molar-refractivity contribution in [3.63, 3.8) is 0 Å². The van der Waals surface area contributed by atoms with Gasteiger partial charge in [0.2, 0.25) is 5.91 Å². The Morgan fingerprint density at radius 3 is 2.24 bits per heavy atom. The zero-order chi connectivity index (χ0) is 15.9. The topological polar surface area (TPSA) is 76.7 Å². The maximum absolute atomic E-state index is 11.8. The van der Waals surface area contributed by atoms with Crippen molar-refractivity contribution < 1.29 is 19.1 Å². The molecule has 0 aliphatic heterocycles. The van der Waals surface area contributed by atoms with Gasteiger partial charge in [-0.1, -0.05) is 0 Å². The van der Waals surface area contributed by atoms with Gasteiger partial charge in [0.25, 0.3) is 0 Å². The monoisotopic (exact) mass is 300 g/mol. The van der Waals surface area contributed by atoms with Crippen molar-refractivity contribution in [3.05, 3.63) is 0 Å². The number of carbonyl (C=O) groups excluding carboxylic acids is 2. The number of rotatable bonds is 5. The van der Waals surface area contributed by atoms with Crippen molar-refractivity contribution in [1.29, 1.82) is 0 Å². The molecule has 6 heteroatoms. The van der Waals surface area contributed by atoms with E-state index < -0.39 is 5.60 Å². The molecule has 2 amide bonds. The van der Waals surface area contributed by atoms with E-state index in [9.17, 15) is 9.59 Å². The standard InChI is InChI=1S/C15H28N2O4/c1-15(2,3)21-14(19)16-9-11-5-7-12(8-6-11)13(18)17-10-20-4/h11-12H,5-10H2,1-4H3,(H,16,19)(H,17,18). The summed E-state index contributed by atoms with van der Waals surface area (Å²) in [5, 5.41) is 5.55. The first-order valence-corrected chi connectivity index (χ1v) is 7.55. The highest BCUT2D eigenvalue weighted by molar-refractivity contribution is 5.78. The summed E-state index contributed by atoms with van der Waals surface area (Å²) >= 11 is 0. The largest absolute Gasteiger partial charge is 0.444 e. The summed E-state index contributed by atoms with van der Waals surface area (Å²) in [4.78, 5) is 23.4. The lowest BCUT2D eigenvalue weighted by atomic mass is 9.81. The first-order valence-electron chi connectivity index (χ1n) is 7.55. The van der Waals surface area contributed by atoms with E-state index in [-0.39, 0.29) is 24.6 Å². The highest BCUT2D eigenvalue weighted by atomic mass is 16.6. The Balaban J connectivity index is 2.21. The summed E-state index contributed by atoms with van der Waals surface area (Å²) in [5.74, 6) is 0.553. The molecule has 1 fully saturated rings. The quantitative estimate of drug-likeness (QED) is 0.762. The van der Waals surface area contributed by atoms with Gasteiger partial charge < -0.3 is 20.1 Å². The molecule has 0 atom stereocenters. The van der Waals surface area contributed by atoms with Crippen LogP contribution < -0.4 is 10.6 Å². The van der Waals surface area contributed by atoms with E-state index in [2.05, 4.69) is 10.6 Å². The molecule has 1 rings (SSSR count). The fourth-order valence-corrected chi connectivity index (χ4v) is 2.46. The van der Waals surface area contributed by atoms with Gasteiger partial charge in [-0.2, -0.15) is 0 Å². The summed E-state index contributed by atoms with van der Waals surface area (Å²) in [7, 11) is 1.56. The molecular weight excluding hydrogens is 272 g/mol. The molecule has 0 heterocycles. The van der Waals surface area contributed by atoms with Crippen LogP contribution in [0.2, 0.25) is 0 Å². The van der Waals surface area contributed by atoms with Crippen LogP contribution in [0.5, 0.6) is 0 Å². The van der Waals surface area contributed by atoms with Gasteiger partial charge >= 0.3 is 6.09 Å². The Bertz CT molecular complexity index is 344. The molecule has 0 saturated heterocycles.